The number of unbranched alkanes of at least 4 members (excludes halogenated alkanes) is 1. The van der Waals surface area contributed by atoms with E-state index in [1.807, 2.05) is 24.3 Å². The Morgan fingerprint density at radius 3 is 2.80 bits per heavy atom. The molecule has 0 spiro atoms. The third-order valence-corrected chi connectivity index (χ3v) is 3.66. The Kier molecular flexibility index (Phi) is 5.51. The number of fused-ring (bicyclic) bond motifs is 1. The number of hydrazone groups is 1. The summed E-state index contributed by atoms with van der Waals surface area (Å²) in [6.45, 7) is 3.02. The standard InChI is InChI=1S/C19H20N2O4/c1-2-3-10-23-16-7-4-14(5-8-16)12-20-21-19(22)15-6-9-17-18(11-15)25-13-24-17/h4-9,11-12H,2-3,10,13H2,1H3,(H,21,22)/b20-12+. The molecule has 1 amide bonds. The van der Waals surface area contributed by atoms with E-state index in [9.17, 15) is 4.79 Å². The largest absolute Gasteiger partial charge is 0.494 e. The van der Waals surface area contributed by atoms with Gasteiger partial charge in [-0.1, -0.05) is 13.3 Å². The molecule has 0 fully saturated rings. The lowest BCUT2D eigenvalue weighted by atomic mass is 10.2. The van der Waals surface area contributed by atoms with Crippen LogP contribution in [-0.4, -0.2) is 25.5 Å². The van der Waals surface area contributed by atoms with Gasteiger partial charge in [0.2, 0.25) is 6.79 Å². The van der Waals surface area contributed by atoms with Gasteiger partial charge in [-0.25, -0.2) is 5.43 Å². The van der Waals surface area contributed by atoms with Crippen LogP contribution in [0.1, 0.15) is 35.7 Å². The van der Waals surface area contributed by atoms with Gasteiger partial charge in [0, 0.05) is 5.56 Å². The lowest BCUT2D eigenvalue weighted by Crippen LogP contribution is -2.17. The summed E-state index contributed by atoms with van der Waals surface area (Å²) in [5.74, 6) is 1.72. The second-order valence-electron chi connectivity index (χ2n) is 5.54. The monoisotopic (exact) mass is 340 g/mol. The van der Waals surface area contributed by atoms with Crippen LogP contribution in [0.3, 0.4) is 0 Å². The minimum absolute atomic E-state index is 0.177. The van der Waals surface area contributed by atoms with Crippen LogP contribution >= 0.6 is 0 Å². The first-order valence-corrected chi connectivity index (χ1v) is 8.22. The van der Waals surface area contributed by atoms with Crippen molar-refractivity contribution in [3.63, 3.8) is 0 Å². The molecule has 0 saturated heterocycles. The van der Waals surface area contributed by atoms with Crippen molar-refractivity contribution in [3.8, 4) is 17.2 Å². The first-order valence-electron chi connectivity index (χ1n) is 8.22. The normalized spacial score (nSPS) is 12.4. The van der Waals surface area contributed by atoms with Gasteiger partial charge in [-0.15, -0.1) is 0 Å². The van der Waals surface area contributed by atoms with Crippen molar-refractivity contribution in [2.75, 3.05) is 13.4 Å². The van der Waals surface area contributed by atoms with Crippen LogP contribution in [0.4, 0.5) is 0 Å². The lowest BCUT2D eigenvalue weighted by molar-refractivity contribution is 0.0954. The van der Waals surface area contributed by atoms with E-state index < -0.39 is 0 Å². The molecule has 130 valence electrons. The Morgan fingerprint density at radius 2 is 2.00 bits per heavy atom. The van der Waals surface area contributed by atoms with Crippen LogP contribution in [0.5, 0.6) is 17.2 Å². The van der Waals surface area contributed by atoms with E-state index >= 15 is 0 Å². The van der Waals surface area contributed by atoms with E-state index in [0.29, 0.717) is 17.1 Å². The molecule has 0 aliphatic carbocycles. The summed E-state index contributed by atoms with van der Waals surface area (Å²) < 4.78 is 16.1. The van der Waals surface area contributed by atoms with E-state index in [2.05, 4.69) is 17.5 Å². The first kappa shape index (κ1) is 16.8. The Hall–Kier alpha value is -3.02. The number of ether oxygens (including phenoxy) is 3. The summed E-state index contributed by atoms with van der Waals surface area (Å²) in [6, 6.07) is 12.6. The maximum absolute atomic E-state index is 12.1. The molecule has 1 aliphatic rings. The zero-order valence-corrected chi connectivity index (χ0v) is 14.0. The van der Waals surface area contributed by atoms with Crippen LogP contribution in [0.25, 0.3) is 0 Å². The van der Waals surface area contributed by atoms with Gasteiger partial charge in [-0.05, 0) is 54.4 Å². The van der Waals surface area contributed by atoms with Crippen molar-refractivity contribution < 1.29 is 19.0 Å². The molecule has 6 nitrogen and oxygen atoms in total. The SMILES string of the molecule is CCCCOc1ccc(/C=N/NC(=O)c2ccc3c(c2)OCO3)cc1. The summed E-state index contributed by atoms with van der Waals surface area (Å²) in [7, 11) is 0. The highest BCUT2D eigenvalue weighted by Gasteiger charge is 2.15. The van der Waals surface area contributed by atoms with Crippen LogP contribution in [0.15, 0.2) is 47.6 Å². The van der Waals surface area contributed by atoms with Crippen molar-refractivity contribution in [1.29, 1.82) is 0 Å². The molecule has 1 aliphatic heterocycles. The highest BCUT2D eigenvalue weighted by molar-refractivity contribution is 5.95. The second kappa shape index (κ2) is 8.19. The molecule has 0 unspecified atom stereocenters. The fourth-order valence-electron chi connectivity index (χ4n) is 2.25. The summed E-state index contributed by atoms with van der Waals surface area (Å²) in [4.78, 5) is 12.1. The van der Waals surface area contributed by atoms with Crippen LogP contribution in [0.2, 0.25) is 0 Å². The highest BCUT2D eigenvalue weighted by Crippen LogP contribution is 2.32. The molecule has 0 radical (unpaired) electrons. The number of carbonyl (C=O) groups excluding carboxylic acids is 1. The van der Waals surface area contributed by atoms with Gasteiger partial charge in [0.1, 0.15) is 5.75 Å². The minimum atomic E-state index is -0.311. The molecular weight excluding hydrogens is 320 g/mol. The second-order valence-corrected chi connectivity index (χ2v) is 5.54. The van der Waals surface area contributed by atoms with Gasteiger partial charge < -0.3 is 14.2 Å². The van der Waals surface area contributed by atoms with Crippen LogP contribution in [-0.2, 0) is 0 Å². The van der Waals surface area contributed by atoms with Gasteiger partial charge in [0.05, 0.1) is 12.8 Å². The van der Waals surface area contributed by atoms with Crippen molar-refractivity contribution in [1.82, 2.24) is 5.43 Å². The number of nitrogens with zero attached hydrogens (tertiary/aromatic N) is 1. The number of rotatable bonds is 7. The predicted molar refractivity (Wildman–Crippen MR) is 94.5 cm³/mol. The van der Waals surface area contributed by atoms with E-state index in [-0.39, 0.29) is 12.7 Å². The molecule has 25 heavy (non-hydrogen) atoms. The number of carbonyl (C=O) groups is 1. The average Bonchev–Trinajstić information content (AvgIpc) is 3.11. The van der Waals surface area contributed by atoms with Gasteiger partial charge in [-0.3, -0.25) is 4.79 Å². The number of hydrogen-bond acceptors (Lipinski definition) is 5. The van der Waals surface area contributed by atoms with Gasteiger partial charge in [-0.2, -0.15) is 5.10 Å². The number of hydrogen-bond donors (Lipinski definition) is 1. The van der Waals surface area contributed by atoms with Gasteiger partial charge in [0.25, 0.3) is 5.91 Å². The molecule has 3 rings (SSSR count). The smallest absolute Gasteiger partial charge is 0.271 e. The first-order chi connectivity index (χ1) is 12.3. The van der Waals surface area contributed by atoms with Gasteiger partial charge >= 0.3 is 0 Å². The minimum Gasteiger partial charge on any atom is -0.494 e. The fourth-order valence-corrected chi connectivity index (χ4v) is 2.25. The van der Waals surface area contributed by atoms with E-state index in [1.165, 1.54) is 0 Å². The molecule has 0 aromatic heterocycles. The van der Waals surface area contributed by atoms with E-state index in [0.717, 1.165) is 30.8 Å². The number of nitrogens with one attached hydrogen (secondary N) is 1. The lowest BCUT2D eigenvalue weighted by Gasteiger charge is -2.05. The average molecular weight is 340 g/mol. The zero-order chi connectivity index (χ0) is 17.5. The van der Waals surface area contributed by atoms with Crippen LogP contribution in [0, 0.1) is 0 Å². The molecule has 2 aromatic rings. The van der Waals surface area contributed by atoms with Crippen LogP contribution < -0.4 is 19.6 Å². The third-order valence-electron chi connectivity index (χ3n) is 3.66. The molecule has 2 aromatic carbocycles. The molecule has 0 atom stereocenters. The van der Waals surface area contributed by atoms with Crippen molar-refractivity contribution in [3.05, 3.63) is 53.6 Å². The molecule has 0 bridgehead atoms. The Morgan fingerprint density at radius 1 is 1.20 bits per heavy atom. The van der Waals surface area contributed by atoms with E-state index in [4.69, 9.17) is 14.2 Å². The molecule has 6 heteroatoms. The molecule has 1 N–H and O–H groups in total. The summed E-state index contributed by atoms with van der Waals surface area (Å²) in [5, 5.41) is 3.98. The zero-order valence-electron chi connectivity index (χ0n) is 14.0. The molecule has 1 heterocycles. The molecule has 0 saturated carbocycles. The maximum Gasteiger partial charge on any atom is 0.271 e. The van der Waals surface area contributed by atoms with Crippen molar-refractivity contribution >= 4 is 12.1 Å². The quantitative estimate of drug-likeness (QED) is 0.477. The highest BCUT2D eigenvalue weighted by atomic mass is 16.7. The fraction of sp³-hybridized carbons (Fsp3) is 0.263. The van der Waals surface area contributed by atoms with E-state index in [1.54, 1.807) is 24.4 Å². The summed E-state index contributed by atoms with van der Waals surface area (Å²) in [6.07, 6.45) is 3.73. The third kappa shape index (κ3) is 4.50. The Bertz CT molecular complexity index is 757. The summed E-state index contributed by atoms with van der Waals surface area (Å²) in [5.41, 5.74) is 3.83. The predicted octanol–water partition coefficient (Wildman–Crippen LogP) is 3.36. The number of benzene rings is 2. The topological polar surface area (TPSA) is 69.2 Å². The van der Waals surface area contributed by atoms with Crippen molar-refractivity contribution in [2.24, 2.45) is 5.10 Å². The maximum atomic E-state index is 12.1. The molecular formula is C19H20N2O4. The summed E-state index contributed by atoms with van der Waals surface area (Å²) >= 11 is 0. The number of amides is 1. The Labute approximate surface area is 146 Å². The van der Waals surface area contributed by atoms with Gasteiger partial charge in [0.15, 0.2) is 11.5 Å². The van der Waals surface area contributed by atoms with Crippen molar-refractivity contribution in [2.45, 2.75) is 19.8 Å². The Balaban J connectivity index is 1.53.